The van der Waals surface area contributed by atoms with Crippen LogP contribution in [0.25, 0.3) is 10.1 Å². The Kier molecular flexibility index (Phi) is 5.00. The number of hydrogen-bond donors (Lipinski definition) is 1. The molecule has 0 saturated carbocycles. The second kappa shape index (κ2) is 7.02. The lowest BCUT2D eigenvalue weighted by atomic mass is 10.2. The van der Waals surface area contributed by atoms with E-state index in [-0.39, 0.29) is 22.9 Å². The summed E-state index contributed by atoms with van der Waals surface area (Å²) in [5.74, 6) is -0.616. The SMILES string of the molecule is CCOC(=O)c1sc2ccccc2c1S(=O)(=O)NCc1cccs1. The van der Waals surface area contributed by atoms with Crippen molar-refractivity contribution in [3.05, 3.63) is 51.5 Å². The van der Waals surface area contributed by atoms with E-state index in [0.717, 1.165) is 20.9 Å². The van der Waals surface area contributed by atoms with Gasteiger partial charge in [-0.3, -0.25) is 0 Å². The molecule has 0 bridgehead atoms. The largest absolute Gasteiger partial charge is 0.462 e. The van der Waals surface area contributed by atoms with Gasteiger partial charge in [0, 0.05) is 21.5 Å². The predicted molar refractivity (Wildman–Crippen MR) is 96.1 cm³/mol. The number of sulfonamides is 1. The van der Waals surface area contributed by atoms with Crippen molar-refractivity contribution >= 4 is 48.8 Å². The molecule has 2 aromatic heterocycles. The summed E-state index contributed by atoms with van der Waals surface area (Å²) < 4.78 is 34.0. The van der Waals surface area contributed by atoms with Crippen molar-refractivity contribution in [2.24, 2.45) is 0 Å². The van der Waals surface area contributed by atoms with Gasteiger partial charge in [-0.25, -0.2) is 17.9 Å². The summed E-state index contributed by atoms with van der Waals surface area (Å²) in [5, 5.41) is 2.41. The summed E-state index contributed by atoms with van der Waals surface area (Å²) in [6.45, 7) is 2.07. The smallest absolute Gasteiger partial charge is 0.349 e. The Labute approximate surface area is 147 Å². The number of hydrogen-bond acceptors (Lipinski definition) is 6. The van der Waals surface area contributed by atoms with Crippen LogP contribution in [0.1, 0.15) is 21.5 Å². The molecule has 1 N–H and O–H groups in total. The van der Waals surface area contributed by atoms with E-state index in [2.05, 4.69) is 4.72 Å². The molecule has 0 aliphatic heterocycles. The van der Waals surface area contributed by atoms with Crippen molar-refractivity contribution in [2.45, 2.75) is 18.4 Å². The van der Waals surface area contributed by atoms with Gasteiger partial charge >= 0.3 is 5.97 Å². The molecule has 3 rings (SSSR count). The average molecular weight is 382 g/mol. The molecule has 0 spiro atoms. The lowest BCUT2D eigenvalue weighted by Crippen LogP contribution is -2.24. The van der Waals surface area contributed by atoms with Gasteiger partial charge in [0.25, 0.3) is 0 Å². The molecule has 3 aromatic rings. The molecular weight excluding hydrogens is 366 g/mol. The van der Waals surface area contributed by atoms with Gasteiger partial charge in [-0.2, -0.15) is 0 Å². The molecule has 24 heavy (non-hydrogen) atoms. The lowest BCUT2D eigenvalue weighted by Gasteiger charge is -2.07. The number of fused-ring (bicyclic) bond motifs is 1. The molecule has 0 saturated heterocycles. The van der Waals surface area contributed by atoms with Crippen molar-refractivity contribution < 1.29 is 17.9 Å². The molecule has 8 heteroatoms. The number of benzene rings is 1. The van der Waals surface area contributed by atoms with Gasteiger partial charge in [-0.1, -0.05) is 24.3 Å². The summed E-state index contributed by atoms with van der Waals surface area (Å²) in [5.41, 5.74) is 0. The molecule has 0 aliphatic carbocycles. The van der Waals surface area contributed by atoms with Crippen LogP contribution in [0.2, 0.25) is 0 Å². The number of esters is 1. The third kappa shape index (κ3) is 3.36. The van der Waals surface area contributed by atoms with Crippen LogP contribution in [0.4, 0.5) is 0 Å². The number of thiophene rings is 2. The fourth-order valence-electron chi connectivity index (χ4n) is 2.27. The van der Waals surface area contributed by atoms with Crippen molar-refractivity contribution in [1.82, 2.24) is 4.72 Å². The minimum atomic E-state index is -3.85. The molecule has 126 valence electrons. The van der Waals surface area contributed by atoms with Crippen molar-refractivity contribution in [3.8, 4) is 0 Å². The van der Waals surface area contributed by atoms with Crippen LogP contribution in [0.3, 0.4) is 0 Å². The highest BCUT2D eigenvalue weighted by molar-refractivity contribution is 7.90. The van der Waals surface area contributed by atoms with Crippen LogP contribution < -0.4 is 4.72 Å². The van der Waals surface area contributed by atoms with E-state index in [9.17, 15) is 13.2 Å². The molecule has 1 aromatic carbocycles. The first-order valence-electron chi connectivity index (χ1n) is 7.23. The summed E-state index contributed by atoms with van der Waals surface area (Å²) in [6, 6.07) is 10.8. The van der Waals surface area contributed by atoms with E-state index in [1.165, 1.54) is 11.3 Å². The molecule has 0 atom stereocenters. The van der Waals surface area contributed by atoms with E-state index < -0.39 is 16.0 Å². The van der Waals surface area contributed by atoms with Crippen LogP contribution >= 0.6 is 22.7 Å². The van der Waals surface area contributed by atoms with Crippen molar-refractivity contribution in [3.63, 3.8) is 0 Å². The molecule has 0 aliphatic rings. The Hall–Kier alpha value is -1.74. The maximum atomic E-state index is 12.8. The van der Waals surface area contributed by atoms with Gasteiger partial charge in [0.1, 0.15) is 9.77 Å². The first-order valence-corrected chi connectivity index (χ1v) is 10.4. The number of nitrogens with one attached hydrogen (secondary N) is 1. The van der Waals surface area contributed by atoms with Gasteiger partial charge in [0.2, 0.25) is 10.0 Å². The zero-order valence-corrected chi connectivity index (χ0v) is 15.3. The Morgan fingerprint density at radius 2 is 2.00 bits per heavy atom. The van der Waals surface area contributed by atoms with Crippen LogP contribution in [0.5, 0.6) is 0 Å². The van der Waals surface area contributed by atoms with E-state index in [4.69, 9.17) is 4.74 Å². The Morgan fingerprint density at radius 3 is 2.71 bits per heavy atom. The summed E-state index contributed by atoms with van der Waals surface area (Å²) in [6.07, 6.45) is 0. The first-order chi connectivity index (χ1) is 11.5. The Balaban J connectivity index is 2.05. The number of rotatable bonds is 6. The van der Waals surface area contributed by atoms with Gasteiger partial charge in [-0.15, -0.1) is 22.7 Å². The summed E-state index contributed by atoms with van der Waals surface area (Å²) in [4.78, 5) is 13.2. The predicted octanol–water partition coefficient (Wildman–Crippen LogP) is 3.62. The molecule has 2 heterocycles. The standard InChI is InChI=1S/C16H15NO4S3/c1-2-21-16(18)14-15(12-7-3-4-8-13(12)23-14)24(19,20)17-10-11-6-5-9-22-11/h3-9,17H,2,10H2,1H3. The molecule has 0 unspecified atom stereocenters. The molecular formula is C16H15NO4S3. The van der Waals surface area contributed by atoms with Crippen molar-refractivity contribution in [1.29, 1.82) is 0 Å². The monoisotopic (exact) mass is 381 g/mol. The minimum absolute atomic E-state index is 0.00175. The fourth-order valence-corrected chi connectivity index (χ4v) is 5.80. The molecule has 0 fully saturated rings. The van der Waals surface area contributed by atoms with Gasteiger partial charge in [0.15, 0.2) is 0 Å². The fraction of sp³-hybridized carbons (Fsp3) is 0.188. The number of carbonyl (C=O) groups excluding carboxylic acids is 1. The maximum Gasteiger partial charge on any atom is 0.349 e. The topological polar surface area (TPSA) is 72.5 Å². The van der Waals surface area contributed by atoms with Crippen LogP contribution in [0, 0.1) is 0 Å². The lowest BCUT2D eigenvalue weighted by molar-refractivity contribution is 0.0528. The second-order valence-electron chi connectivity index (χ2n) is 4.88. The van der Waals surface area contributed by atoms with Crippen LogP contribution in [-0.4, -0.2) is 21.0 Å². The zero-order chi connectivity index (χ0) is 17.2. The van der Waals surface area contributed by atoms with Crippen LogP contribution in [-0.2, 0) is 21.3 Å². The highest BCUT2D eigenvalue weighted by Crippen LogP contribution is 2.35. The summed E-state index contributed by atoms with van der Waals surface area (Å²) >= 11 is 2.60. The highest BCUT2D eigenvalue weighted by atomic mass is 32.2. The van der Waals surface area contributed by atoms with E-state index >= 15 is 0 Å². The van der Waals surface area contributed by atoms with E-state index in [0.29, 0.717) is 5.39 Å². The van der Waals surface area contributed by atoms with E-state index in [1.54, 1.807) is 25.1 Å². The molecule has 0 radical (unpaired) electrons. The normalized spacial score (nSPS) is 11.7. The number of ether oxygens (including phenoxy) is 1. The second-order valence-corrected chi connectivity index (χ2v) is 8.67. The minimum Gasteiger partial charge on any atom is -0.462 e. The van der Waals surface area contributed by atoms with Gasteiger partial charge in [0.05, 0.1) is 6.61 Å². The third-order valence-corrected chi connectivity index (χ3v) is 6.94. The first kappa shape index (κ1) is 17.1. The maximum absolute atomic E-state index is 12.8. The quantitative estimate of drug-likeness (QED) is 0.662. The molecule has 5 nitrogen and oxygen atoms in total. The Bertz CT molecular complexity index is 959. The highest BCUT2D eigenvalue weighted by Gasteiger charge is 2.28. The summed E-state index contributed by atoms with van der Waals surface area (Å²) in [7, 11) is -3.85. The van der Waals surface area contributed by atoms with E-state index in [1.807, 2.05) is 23.6 Å². The van der Waals surface area contributed by atoms with Gasteiger partial charge in [-0.05, 0) is 24.4 Å². The molecule has 0 amide bonds. The average Bonchev–Trinajstić information content (AvgIpc) is 3.20. The third-order valence-electron chi connectivity index (χ3n) is 3.30. The van der Waals surface area contributed by atoms with Crippen LogP contribution in [0.15, 0.2) is 46.7 Å². The number of carbonyl (C=O) groups is 1. The van der Waals surface area contributed by atoms with Crippen molar-refractivity contribution in [2.75, 3.05) is 6.61 Å². The van der Waals surface area contributed by atoms with Gasteiger partial charge < -0.3 is 4.74 Å². The zero-order valence-electron chi connectivity index (χ0n) is 12.8. The Morgan fingerprint density at radius 1 is 1.21 bits per heavy atom.